The molecule has 7 heteroatoms. The van der Waals surface area contributed by atoms with Gasteiger partial charge in [0.1, 0.15) is 5.75 Å². The van der Waals surface area contributed by atoms with Crippen molar-refractivity contribution in [3.63, 3.8) is 0 Å². The normalized spacial score (nSPS) is 9.95. The molecule has 0 saturated carbocycles. The number of aldehydes is 1. The van der Waals surface area contributed by atoms with E-state index in [0.29, 0.717) is 6.29 Å². The maximum atomic E-state index is 12.3. The van der Waals surface area contributed by atoms with E-state index in [9.17, 15) is 18.4 Å². The van der Waals surface area contributed by atoms with Gasteiger partial charge in [-0.1, -0.05) is 0 Å². The molecular weight excluding hydrogens is 272 g/mol. The average Bonchev–Trinajstić information content (AvgIpc) is 2.37. The Hall–Kier alpha value is -2.49. The lowest BCUT2D eigenvalue weighted by Crippen LogP contribution is -2.12. The van der Waals surface area contributed by atoms with Crippen LogP contribution in [0.1, 0.15) is 28.4 Å². The van der Waals surface area contributed by atoms with E-state index in [1.165, 1.54) is 6.07 Å². The summed E-state index contributed by atoms with van der Waals surface area (Å²) in [6.45, 7) is -1.39. The molecule has 0 aliphatic rings. The van der Waals surface area contributed by atoms with Gasteiger partial charge in [0.25, 0.3) is 0 Å². The molecule has 0 amide bonds. The fraction of sp³-hybridized carbons (Fsp3) is 0.308. The number of hydrogen-bond acceptors (Lipinski definition) is 5. The van der Waals surface area contributed by atoms with Gasteiger partial charge in [-0.3, -0.25) is 9.59 Å². The Balaban J connectivity index is 3.23. The summed E-state index contributed by atoms with van der Waals surface area (Å²) in [5.41, 5.74) is -0.0870. The molecular formula is C13H11F2NO4. The lowest BCUT2D eigenvalue weighted by atomic mass is 10.0. The molecule has 0 N–H and O–H groups in total. The average molecular weight is 283 g/mol. The predicted octanol–water partition coefficient (Wildman–Crippen LogP) is 2.08. The van der Waals surface area contributed by atoms with Crippen LogP contribution in [-0.2, 0) is 16.0 Å². The van der Waals surface area contributed by atoms with Crippen LogP contribution < -0.4 is 4.74 Å². The number of carbonyl (C=O) groups excluding carboxylic acids is 2. The Morgan fingerprint density at radius 1 is 1.50 bits per heavy atom. The zero-order chi connectivity index (χ0) is 15.1. The van der Waals surface area contributed by atoms with E-state index >= 15 is 0 Å². The lowest BCUT2D eigenvalue weighted by Gasteiger charge is -2.11. The third-order valence-corrected chi connectivity index (χ3v) is 2.33. The Morgan fingerprint density at radius 3 is 2.70 bits per heavy atom. The third kappa shape index (κ3) is 4.02. The SMILES string of the molecule is CCOC(=O)Cc1cc(C#N)cc(OC(F)F)c1C=O. The Labute approximate surface area is 113 Å². The molecule has 0 radical (unpaired) electrons. The maximum Gasteiger partial charge on any atom is 0.387 e. The molecule has 0 saturated heterocycles. The van der Waals surface area contributed by atoms with Gasteiger partial charge in [-0.2, -0.15) is 14.0 Å². The van der Waals surface area contributed by atoms with E-state index in [2.05, 4.69) is 4.74 Å². The first-order valence-corrected chi connectivity index (χ1v) is 5.64. The third-order valence-electron chi connectivity index (χ3n) is 2.33. The number of rotatable bonds is 6. The van der Waals surface area contributed by atoms with Crippen molar-refractivity contribution in [2.24, 2.45) is 0 Å². The molecule has 0 fully saturated rings. The molecule has 0 spiro atoms. The van der Waals surface area contributed by atoms with Crippen LogP contribution in [-0.4, -0.2) is 25.5 Å². The van der Waals surface area contributed by atoms with Crippen molar-refractivity contribution in [3.05, 3.63) is 28.8 Å². The molecule has 1 aromatic rings. The van der Waals surface area contributed by atoms with E-state index in [1.807, 2.05) is 0 Å². The van der Waals surface area contributed by atoms with E-state index in [1.54, 1.807) is 13.0 Å². The number of esters is 1. The summed E-state index contributed by atoms with van der Waals surface area (Å²) < 4.78 is 33.5. The van der Waals surface area contributed by atoms with Gasteiger partial charge in [-0.05, 0) is 24.6 Å². The number of benzene rings is 1. The highest BCUT2D eigenvalue weighted by Gasteiger charge is 2.17. The largest absolute Gasteiger partial charge is 0.466 e. The van der Waals surface area contributed by atoms with E-state index < -0.39 is 18.3 Å². The van der Waals surface area contributed by atoms with Gasteiger partial charge in [-0.15, -0.1) is 0 Å². The Morgan fingerprint density at radius 2 is 2.20 bits per heavy atom. The summed E-state index contributed by atoms with van der Waals surface area (Å²) in [4.78, 5) is 22.4. The standard InChI is InChI=1S/C13H11F2NO4/c1-2-19-12(18)5-9-3-8(6-16)4-11(10(9)7-17)20-13(14)15/h3-4,7,13H,2,5H2,1H3. The van der Waals surface area contributed by atoms with Crippen LogP contribution in [0.25, 0.3) is 0 Å². The molecule has 0 heterocycles. The first kappa shape index (κ1) is 15.6. The highest BCUT2D eigenvalue weighted by atomic mass is 19.3. The molecule has 1 rings (SSSR count). The zero-order valence-corrected chi connectivity index (χ0v) is 10.6. The first-order valence-electron chi connectivity index (χ1n) is 5.64. The maximum absolute atomic E-state index is 12.3. The van der Waals surface area contributed by atoms with Crippen molar-refractivity contribution in [1.82, 2.24) is 0 Å². The number of alkyl halides is 2. The molecule has 0 bridgehead atoms. The zero-order valence-electron chi connectivity index (χ0n) is 10.6. The quantitative estimate of drug-likeness (QED) is 0.590. The molecule has 5 nitrogen and oxygen atoms in total. The van der Waals surface area contributed by atoms with Gasteiger partial charge in [0, 0.05) is 0 Å². The summed E-state index contributed by atoms with van der Waals surface area (Å²) >= 11 is 0. The summed E-state index contributed by atoms with van der Waals surface area (Å²) in [7, 11) is 0. The van der Waals surface area contributed by atoms with Gasteiger partial charge < -0.3 is 9.47 Å². The number of halogens is 2. The second kappa shape index (κ2) is 7.19. The molecule has 0 aliphatic heterocycles. The number of nitrogens with zero attached hydrogens (tertiary/aromatic N) is 1. The van der Waals surface area contributed by atoms with Crippen LogP contribution in [0.3, 0.4) is 0 Å². The van der Waals surface area contributed by atoms with Crippen LogP contribution in [0.15, 0.2) is 12.1 Å². The highest BCUT2D eigenvalue weighted by molar-refractivity contribution is 5.85. The van der Waals surface area contributed by atoms with E-state index in [0.717, 1.165) is 6.07 Å². The smallest absolute Gasteiger partial charge is 0.387 e. The summed E-state index contributed by atoms with van der Waals surface area (Å²) in [5.74, 6) is -1.07. The van der Waals surface area contributed by atoms with Crippen LogP contribution in [0.5, 0.6) is 5.75 Å². The molecule has 1 aromatic carbocycles. The van der Waals surface area contributed by atoms with Crippen molar-refractivity contribution in [1.29, 1.82) is 5.26 Å². The Bertz CT molecular complexity index is 552. The van der Waals surface area contributed by atoms with Crippen LogP contribution in [0, 0.1) is 11.3 Å². The van der Waals surface area contributed by atoms with Gasteiger partial charge in [0.2, 0.25) is 0 Å². The topological polar surface area (TPSA) is 76.4 Å². The number of hydrogen-bond donors (Lipinski definition) is 0. The summed E-state index contributed by atoms with van der Waals surface area (Å²) in [5, 5.41) is 8.82. The van der Waals surface area contributed by atoms with Crippen LogP contribution >= 0.6 is 0 Å². The van der Waals surface area contributed by atoms with Crippen molar-refractivity contribution < 1.29 is 27.8 Å². The van der Waals surface area contributed by atoms with Gasteiger partial charge in [-0.25, -0.2) is 0 Å². The monoisotopic (exact) mass is 283 g/mol. The fourth-order valence-electron chi connectivity index (χ4n) is 1.59. The second-order valence-corrected chi connectivity index (χ2v) is 3.64. The predicted molar refractivity (Wildman–Crippen MR) is 63.5 cm³/mol. The molecule has 0 aliphatic carbocycles. The summed E-state index contributed by atoms with van der Waals surface area (Å²) in [6.07, 6.45) is -0.00947. The molecule has 0 atom stereocenters. The van der Waals surface area contributed by atoms with Gasteiger partial charge in [0.05, 0.1) is 30.2 Å². The fourth-order valence-corrected chi connectivity index (χ4v) is 1.59. The number of nitriles is 1. The number of carbonyl (C=O) groups is 2. The van der Waals surface area contributed by atoms with Crippen LogP contribution in [0.2, 0.25) is 0 Å². The van der Waals surface area contributed by atoms with Crippen molar-refractivity contribution in [3.8, 4) is 11.8 Å². The molecule has 0 unspecified atom stereocenters. The van der Waals surface area contributed by atoms with Crippen molar-refractivity contribution in [2.75, 3.05) is 6.61 Å². The first-order chi connectivity index (χ1) is 9.51. The molecule has 106 valence electrons. The number of ether oxygens (including phenoxy) is 2. The van der Waals surface area contributed by atoms with Crippen molar-refractivity contribution in [2.45, 2.75) is 20.0 Å². The van der Waals surface area contributed by atoms with Crippen LogP contribution in [0.4, 0.5) is 8.78 Å². The second-order valence-electron chi connectivity index (χ2n) is 3.64. The van der Waals surface area contributed by atoms with E-state index in [-0.39, 0.29) is 29.7 Å². The van der Waals surface area contributed by atoms with Gasteiger partial charge >= 0.3 is 12.6 Å². The molecule has 20 heavy (non-hydrogen) atoms. The highest BCUT2D eigenvalue weighted by Crippen LogP contribution is 2.25. The lowest BCUT2D eigenvalue weighted by molar-refractivity contribution is -0.142. The minimum absolute atomic E-state index is 0.00514. The van der Waals surface area contributed by atoms with E-state index in [4.69, 9.17) is 10.00 Å². The summed E-state index contributed by atoms with van der Waals surface area (Å²) in [6, 6.07) is 4.03. The minimum atomic E-state index is -3.14. The van der Waals surface area contributed by atoms with Gasteiger partial charge in [0.15, 0.2) is 6.29 Å². The Kier molecular flexibility index (Phi) is 5.59. The minimum Gasteiger partial charge on any atom is -0.466 e. The van der Waals surface area contributed by atoms with Crippen molar-refractivity contribution >= 4 is 12.3 Å². The molecule has 0 aromatic heterocycles.